The number of ketones is 1. The molecule has 0 unspecified atom stereocenters. The van der Waals surface area contributed by atoms with Gasteiger partial charge in [0.15, 0.2) is 0 Å². The maximum Gasteiger partial charge on any atom is 0.230 e. The fourth-order valence-corrected chi connectivity index (χ4v) is 5.23. The normalized spacial score (nSPS) is 17.2. The van der Waals surface area contributed by atoms with Gasteiger partial charge in [0.2, 0.25) is 5.91 Å². The van der Waals surface area contributed by atoms with Crippen molar-refractivity contribution in [3.8, 4) is 0 Å². The number of piperidine rings is 1. The number of nitrogens with zero attached hydrogens (tertiary/aromatic N) is 3. The molecule has 0 bridgehead atoms. The zero-order valence-electron chi connectivity index (χ0n) is 18.8. The molecule has 1 amide bonds. The molecule has 0 aromatic heterocycles. The number of benzene rings is 2. The fourth-order valence-electron chi connectivity index (χ4n) is 4.65. The number of piperazine rings is 1. The SMILES string of the molecule is O=C(CC(=O)N1CCN(c2ccc(Cl)c(Cl)c2)CC1)CC1CCN(c2ccc(Cl)c(Cl)c2)CC1. The Morgan fingerprint density at radius 2 is 1.21 bits per heavy atom. The summed E-state index contributed by atoms with van der Waals surface area (Å²) in [5, 5.41) is 2.14. The van der Waals surface area contributed by atoms with Crippen LogP contribution in [0.5, 0.6) is 0 Å². The first kappa shape index (κ1) is 25.4. The van der Waals surface area contributed by atoms with Crippen LogP contribution in [0.2, 0.25) is 20.1 Å². The molecule has 0 aliphatic carbocycles. The number of anilines is 2. The van der Waals surface area contributed by atoms with Gasteiger partial charge >= 0.3 is 0 Å². The van der Waals surface area contributed by atoms with Crippen LogP contribution in [-0.2, 0) is 9.59 Å². The van der Waals surface area contributed by atoms with Crippen LogP contribution >= 0.6 is 46.4 Å². The van der Waals surface area contributed by atoms with Crippen molar-refractivity contribution in [1.82, 2.24) is 4.90 Å². The molecule has 9 heteroatoms. The quantitative estimate of drug-likeness (QED) is 0.407. The van der Waals surface area contributed by atoms with E-state index in [1.165, 1.54) is 0 Å². The minimum Gasteiger partial charge on any atom is -0.371 e. The van der Waals surface area contributed by atoms with E-state index < -0.39 is 0 Å². The molecule has 0 spiro atoms. The van der Waals surface area contributed by atoms with Gasteiger partial charge in [0.05, 0.1) is 26.5 Å². The van der Waals surface area contributed by atoms with E-state index in [2.05, 4.69) is 9.80 Å². The van der Waals surface area contributed by atoms with Crippen molar-refractivity contribution in [1.29, 1.82) is 0 Å². The molecule has 182 valence electrons. The molecule has 0 N–H and O–H groups in total. The lowest BCUT2D eigenvalue weighted by Crippen LogP contribution is -2.49. The minimum absolute atomic E-state index is 0.0141. The van der Waals surface area contributed by atoms with Gasteiger partial charge in [-0.05, 0) is 55.2 Å². The lowest BCUT2D eigenvalue weighted by molar-refractivity contribution is -0.135. The Hall–Kier alpha value is -1.66. The lowest BCUT2D eigenvalue weighted by atomic mass is 9.90. The van der Waals surface area contributed by atoms with Gasteiger partial charge in [-0.3, -0.25) is 9.59 Å². The highest BCUT2D eigenvalue weighted by Gasteiger charge is 2.26. The predicted octanol–water partition coefficient (Wildman–Crippen LogP) is 6.21. The van der Waals surface area contributed by atoms with E-state index in [1.807, 2.05) is 30.3 Å². The summed E-state index contributed by atoms with van der Waals surface area (Å²) < 4.78 is 0. The average Bonchev–Trinajstić information content (AvgIpc) is 2.83. The molecule has 2 aromatic rings. The van der Waals surface area contributed by atoms with Crippen molar-refractivity contribution >= 4 is 69.5 Å². The minimum atomic E-state index is -0.0768. The van der Waals surface area contributed by atoms with E-state index in [0.717, 1.165) is 37.3 Å². The van der Waals surface area contributed by atoms with E-state index >= 15 is 0 Å². The van der Waals surface area contributed by atoms with Crippen LogP contribution in [-0.4, -0.2) is 55.9 Å². The van der Waals surface area contributed by atoms with Crippen LogP contribution in [0, 0.1) is 5.92 Å². The molecule has 0 radical (unpaired) electrons. The summed E-state index contributed by atoms with van der Waals surface area (Å²) in [6.07, 6.45) is 2.29. The van der Waals surface area contributed by atoms with Crippen LogP contribution in [0.15, 0.2) is 36.4 Å². The highest BCUT2D eigenvalue weighted by Crippen LogP contribution is 2.31. The standard InChI is InChI=1S/C25H27Cl4N3O2/c26-21-3-1-18(14-23(21)28)30-7-5-17(6-8-30)13-20(33)16-25(34)32-11-9-31(10-12-32)19-2-4-22(27)24(29)15-19/h1-4,14-15,17H,5-13,16H2. The van der Waals surface area contributed by atoms with Crippen LogP contribution in [0.3, 0.4) is 0 Å². The number of carbonyl (C=O) groups is 2. The van der Waals surface area contributed by atoms with Crippen molar-refractivity contribution in [2.24, 2.45) is 5.92 Å². The number of hydrogen-bond donors (Lipinski definition) is 0. The molecule has 34 heavy (non-hydrogen) atoms. The van der Waals surface area contributed by atoms with E-state index in [-0.39, 0.29) is 18.1 Å². The van der Waals surface area contributed by atoms with E-state index in [0.29, 0.717) is 58.6 Å². The van der Waals surface area contributed by atoms with Crippen LogP contribution in [0.4, 0.5) is 11.4 Å². The Labute approximate surface area is 220 Å². The molecule has 5 nitrogen and oxygen atoms in total. The fraction of sp³-hybridized carbons (Fsp3) is 0.440. The van der Waals surface area contributed by atoms with Gasteiger partial charge in [-0.1, -0.05) is 46.4 Å². The van der Waals surface area contributed by atoms with E-state index in [9.17, 15) is 9.59 Å². The maximum atomic E-state index is 12.7. The van der Waals surface area contributed by atoms with Gasteiger partial charge < -0.3 is 14.7 Å². The number of amides is 1. The number of hydrogen-bond acceptors (Lipinski definition) is 4. The molecule has 2 aromatic carbocycles. The maximum absolute atomic E-state index is 12.7. The van der Waals surface area contributed by atoms with Crippen LogP contribution in [0.1, 0.15) is 25.7 Å². The Balaban J connectivity index is 1.20. The largest absolute Gasteiger partial charge is 0.371 e. The van der Waals surface area contributed by atoms with Crippen LogP contribution < -0.4 is 9.80 Å². The van der Waals surface area contributed by atoms with Crippen molar-refractivity contribution in [3.63, 3.8) is 0 Å². The van der Waals surface area contributed by atoms with Crippen molar-refractivity contribution in [3.05, 3.63) is 56.5 Å². The first-order valence-corrected chi connectivity index (χ1v) is 13.0. The third kappa shape index (κ3) is 6.31. The summed E-state index contributed by atoms with van der Waals surface area (Å²) in [7, 11) is 0. The Morgan fingerprint density at radius 1 is 0.706 bits per heavy atom. The topological polar surface area (TPSA) is 43.9 Å². The Bertz CT molecular complexity index is 1050. The molecule has 2 aliphatic rings. The second-order valence-corrected chi connectivity index (χ2v) is 10.5. The second kappa shape index (κ2) is 11.4. The van der Waals surface area contributed by atoms with E-state index in [1.54, 1.807) is 11.0 Å². The third-order valence-electron chi connectivity index (χ3n) is 6.65. The van der Waals surface area contributed by atoms with Gasteiger partial charge in [0, 0.05) is 57.1 Å². The Kier molecular flexibility index (Phi) is 8.52. The second-order valence-electron chi connectivity index (χ2n) is 8.91. The molecular weight excluding hydrogens is 516 g/mol. The summed E-state index contributed by atoms with van der Waals surface area (Å²) in [6.45, 7) is 4.31. The zero-order chi connectivity index (χ0) is 24.2. The number of rotatable bonds is 6. The summed E-state index contributed by atoms with van der Waals surface area (Å²) in [5.41, 5.74) is 2.04. The highest BCUT2D eigenvalue weighted by molar-refractivity contribution is 6.42. The number of carbonyl (C=O) groups excluding carboxylic acids is 2. The van der Waals surface area contributed by atoms with Gasteiger partial charge in [-0.25, -0.2) is 0 Å². The van der Waals surface area contributed by atoms with Crippen LogP contribution in [0.25, 0.3) is 0 Å². The monoisotopic (exact) mass is 541 g/mol. The van der Waals surface area contributed by atoms with Crippen molar-refractivity contribution < 1.29 is 9.59 Å². The molecule has 2 heterocycles. The van der Waals surface area contributed by atoms with Gasteiger partial charge in [0.1, 0.15) is 5.78 Å². The molecule has 4 rings (SSSR count). The smallest absolute Gasteiger partial charge is 0.230 e. The zero-order valence-corrected chi connectivity index (χ0v) is 21.8. The molecule has 2 fully saturated rings. The molecule has 0 saturated carbocycles. The van der Waals surface area contributed by atoms with Gasteiger partial charge in [0.25, 0.3) is 0 Å². The van der Waals surface area contributed by atoms with E-state index in [4.69, 9.17) is 46.4 Å². The molecule has 0 atom stereocenters. The summed E-state index contributed by atoms with van der Waals surface area (Å²) in [5.74, 6) is 0.266. The van der Waals surface area contributed by atoms with Crippen molar-refractivity contribution in [2.45, 2.75) is 25.7 Å². The number of Topliss-reactive ketones (excluding diaryl/α,β-unsaturated/α-hetero) is 1. The summed E-state index contributed by atoms with van der Waals surface area (Å²) in [6, 6.07) is 11.2. The van der Waals surface area contributed by atoms with Gasteiger partial charge in [-0.15, -0.1) is 0 Å². The first-order valence-electron chi connectivity index (χ1n) is 11.5. The van der Waals surface area contributed by atoms with Gasteiger partial charge in [-0.2, -0.15) is 0 Å². The molecule has 2 saturated heterocycles. The highest BCUT2D eigenvalue weighted by atomic mass is 35.5. The molecule has 2 aliphatic heterocycles. The predicted molar refractivity (Wildman–Crippen MR) is 141 cm³/mol. The average molecular weight is 543 g/mol. The first-order chi connectivity index (χ1) is 16.3. The lowest BCUT2D eigenvalue weighted by Gasteiger charge is -2.36. The number of halogens is 4. The summed E-state index contributed by atoms with van der Waals surface area (Å²) in [4.78, 5) is 31.6. The third-order valence-corrected chi connectivity index (χ3v) is 8.13. The molecular formula is C25H27Cl4N3O2. The Morgan fingerprint density at radius 3 is 1.71 bits per heavy atom. The summed E-state index contributed by atoms with van der Waals surface area (Å²) >= 11 is 24.3. The van der Waals surface area contributed by atoms with Crippen molar-refractivity contribution in [2.75, 3.05) is 49.1 Å².